The van der Waals surface area contributed by atoms with Crippen LogP contribution in [-0.4, -0.2) is 22.8 Å². The van der Waals surface area contributed by atoms with E-state index in [1.807, 2.05) is 0 Å². The molecule has 0 spiro atoms. The summed E-state index contributed by atoms with van der Waals surface area (Å²) in [5.41, 5.74) is 32.3. The van der Waals surface area contributed by atoms with Gasteiger partial charge in [-0.1, -0.05) is 303 Å². The first-order valence-corrected chi connectivity index (χ1v) is 46.1. The molecule has 5 aromatic heterocycles. The molecule has 0 amide bonds. The molecule has 0 saturated heterocycles. The number of hydrogen-bond acceptors (Lipinski definition) is 4. The fraction of sp³-hybridized carbons (Fsp3) is 0. The Morgan fingerprint density at radius 1 is 0.119 bits per heavy atom. The molecule has 0 unspecified atom stereocenters. The number of fused-ring (bicyclic) bond motifs is 15. The largest absolute Gasteiger partial charge is 0.310 e. The zero-order valence-corrected chi connectivity index (χ0v) is 73.8. The highest BCUT2D eigenvalue weighted by Gasteiger charge is 2.30. The Kier molecular flexibility index (Phi) is 19.7. The lowest BCUT2D eigenvalue weighted by Crippen LogP contribution is -2.14. The molecule has 21 aromatic carbocycles. The van der Waals surface area contributed by atoms with Crippen LogP contribution in [0.1, 0.15) is 0 Å². The maximum Gasteiger partial charge on any atom is 0.0583 e. The van der Waals surface area contributed by atoms with Crippen LogP contribution >= 0.6 is 0 Å². The minimum atomic E-state index is 1.02. The molecule has 26 rings (SSSR count). The van der Waals surface area contributed by atoms with Gasteiger partial charge in [-0.25, -0.2) is 0 Å². The summed E-state index contributed by atoms with van der Waals surface area (Å²) in [4.78, 5) is 9.68. The first-order chi connectivity index (χ1) is 67.0. The Hall–Kier alpha value is -18.2. The summed E-state index contributed by atoms with van der Waals surface area (Å²) < 4.78 is 12.1. The predicted octanol–water partition coefficient (Wildman–Crippen LogP) is 34.4. The molecule has 0 aliphatic heterocycles. The van der Waals surface area contributed by atoms with Gasteiger partial charge in [0.2, 0.25) is 0 Å². The van der Waals surface area contributed by atoms with E-state index in [-0.39, 0.29) is 0 Å². The number of rotatable bonds is 18. The molecule has 9 heteroatoms. The number of para-hydroxylation sites is 15. The molecule has 135 heavy (non-hydrogen) atoms. The Morgan fingerprint density at radius 3 is 0.652 bits per heavy atom. The highest BCUT2D eigenvalue weighted by atomic mass is 15.2. The molecule has 0 bridgehead atoms. The number of nitrogens with zero attached hydrogens (tertiary/aromatic N) is 9. The van der Waals surface area contributed by atoms with Crippen LogP contribution in [0.2, 0.25) is 0 Å². The second-order valence-electron chi connectivity index (χ2n) is 34.4. The van der Waals surface area contributed by atoms with Crippen LogP contribution < -0.4 is 19.6 Å². The second-order valence-corrected chi connectivity index (χ2v) is 34.4. The molecule has 0 N–H and O–H groups in total. The highest BCUT2D eigenvalue weighted by Crippen LogP contribution is 2.53. The highest BCUT2D eigenvalue weighted by molar-refractivity contribution is 6.21. The van der Waals surface area contributed by atoms with Crippen molar-refractivity contribution >= 4 is 177 Å². The molecule has 636 valence electrons. The summed E-state index contributed by atoms with van der Waals surface area (Å²) in [5.74, 6) is 0. The molecule has 5 heterocycles. The van der Waals surface area contributed by atoms with E-state index in [1.165, 1.54) is 81.4 Å². The number of hydrogen-bond donors (Lipinski definition) is 0. The maximum atomic E-state index is 2.48. The van der Waals surface area contributed by atoms with Gasteiger partial charge in [-0.15, -0.1) is 0 Å². The molecule has 0 aliphatic rings. The van der Waals surface area contributed by atoms with E-state index in [2.05, 4.69) is 570 Å². The number of benzene rings is 21. The van der Waals surface area contributed by atoms with Gasteiger partial charge in [-0.2, -0.15) is 0 Å². The van der Waals surface area contributed by atoms with Crippen molar-refractivity contribution in [2.24, 2.45) is 0 Å². The van der Waals surface area contributed by atoms with E-state index in [0.29, 0.717) is 0 Å². The molecule has 0 fully saturated rings. The van der Waals surface area contributed by atoms with Gasteiger partial charge in [0.1, 0.15) is 0 Å². The Bertz CT molecular complexity index is 8650. The molecule has 9 nitrogen and oxygen atoms in total. The summed E-state index contributed by atoms with van der Waals surface area (Å²) in [7, 11) is 0. The number of aromatic nitrogens is 5. The van der Waals surface area contributed by atoms with Crippen LogP contribution in [0.3, 0.4) is 0 Å². The third kappa shape index (κ3) is 13.8. The first-order valence-electron chi connectivity index (χ1n) is 46.1. The summed E-state index contributed by atoms with van der Waals surface area (Å²) in [5, 5.41) is 12.1. The summed E-state index contributed by atoms with van der Waals surface area (Å²) in [6, 6.07) is 191. The smallest absolute Gasteiger partial charge is 0.0583 e. The van der Waals surface area contributed by atoms with Gasteiger partial charge in [0.15, 0.2) is 0 Å². The van der Waals surface area contributed by atoms with Crippen molar-refractivity contribution < 1.29 is 0 Å². The predicted molar refractivity (Wildman–Crippen MR) is 569 cm³/mol. The van der Waals surface area contributed by atoms with Gasteiger partial charge in [0.25, 0.3) is 0 Å². The average Bonchev–Trinajstić information content (AvgIpc) is 1.57. The van der Waals surface area contributed by atoms with Crippen molar-refractivity contribution in [3.63, 3.8) is 0 Å². The Balaban J connectivity index is 0.000000145. The molecule has 0 aliphatic carbocycles. The second kappa shape index (κ2) is 33.7. The van der Waals surface area contributed by atoms with Gasteiger partial charge >= 0.3 is 0 Å². The minimum absolute atomic E-state index is 1.02. The summed E-state index contributed by atoms with van der Waals surface area (Å²) in [6.45, 7) is 0. The van der Waals surface area contributed by atoms with Crippen LogP contribution in [0.15, 0.2) is 528 Å². The van der Waals surface area contributed by atoms with Crippen LogP contribution in [0.25, 0.3) is 149 Å². The molecule has 0 radical (unpaired) electrons. The fourth-order valence-electron chi connectivity index (χ4n) is 20.8. The van der Waals surface area contributed by atoms with E-state index < -0.39 is 0 Å². The van der Waals surface area contributed by atoms with Gasteiger partial charge in [-0.3, -0.25) is 0 Å². The van der Waals surface area contributed by atoms with Crippen LogP contribution in [0.5, 0.6) is 0 Å². The SMILES string of the molecule is c1ccc(N(c2ccc(-c3cc(N(c4ccccc4)c4ccccc4)c4c5ccccc5n(-c5ccccc5)c4c3)cc2)c2ccc3c4ccccc4n(-c4ccccc4)c3c2)cc1.c1ccc(N(c2ccccc2)c2cc(N(c3ccc4c5ccccc5n(-c5ccccc5)c4c3)c3ccc4c5ccccc5n(-c5ccccc5)c4c3)cc3c2c2ccccc2n3-c2ccccc2)cc1. The first kappa shape index (κ1) is 79.0. The van der Waals surface area contributed by atoms with E-state index in [0.717, 1.165) is 135 Å². The van der Waals surface area contributed by atoms with E-state index >= 15 is 0 Å². The van der Waals surface area contributed by atoms with Gasteiger partial charge in [-0.05, 0) is 236 Å². The van der Waals surface area contributed by atoms with E-state index in [1.54, 1.807) is 0 Å². The molecule has 0 atom stereocenters. The van der Waals surface area contributed by atoms with Crippen molar-refractivity contribution in [2.45, 2.75) is 0 Å². The van der Waals surface area contributed by atoms with Crippen LogP contribution in [0, 0.1) is 0 Å². The minimum Gasteiger partial charge on any atom is -0.310 e. The van der Waals surface area contributed by atoms with Gasteiger partial charge in [0.05, 0.1) is 72.2 Å². The Labute approximate surface area is 781 Å². The normalized spacial score (nSPS) is 11.6. The zero-order chi connectivity index (χ0) is 89.2. The summed E-state index contributed by atoms with van der Waals surface area (Å²) in [6.07, 6.45) is 0. The van der Waals surface area contributed by atoms with Gasteiger partial charge < -0.3 is 42.4 Å². The van der Waals surface area contributed by atoms with Crippen LogP contribution in [0.4, 0.5) is 68.2 Å². The third-order valence-corrected chi connectivity index (χ3v) is 26.6. The third-order valence-electron chi connectivity index (χ3n) is 26.6. The Morgan fingerprint density at radius 2 is 0.333 bits per heavy atom. The lowest BCUT2D eigenvalue weighted by atomic mass is 9.99. The van der Waals surface area contributed by atoms with Crippen molar-refractivity contribution in [3.8, 4) is 39.6 Å². The van der Waals surface area contributed by atoms with Crippen molar-refractivity contribution in [1.29, 1.82) is 0 Å². The molecular weight excluding hydrogens is 1640 g/mol. The lowest BCUT2D eigenvalue weighted by Gasteiger charge is -2.30. The van der Waals surface area contributed by atoms with Gasteiger partial charge in [0, 0.05) is 133 Å². The van der Waals surface area contributed by atoms with E-state index in [4.69, 9.17) is 0 Å². The standard InChI is InChI=1S/C66H45N5.C60H42N4/c1-6-22-46(23-7-1)68(47-24-8-2-9-25-47)64-44-53(45-65-66(64)58-34-18-21-37-61(58)71(65)50-30-14-5-15-31-50)67(51-38-40-56-54-32-16-19-35-59(54)69(62(56)42-51)48-26-10-3-11-27-48)52-39-41-57-55-33-17-20-36-60(55)70(63(57)43-52)49-28-12-4-13-29-49;1-6-20-45(21-7-1)61(51-38-39-53-52-30-16-18-32-55(52)63(57(53)42-51)48-26-12-4-13-27-48)50-36-34-43(35-37-50)44-40-58(62(46-22-8-2-9-23-46)47-24-10-3-11-25-47)60-54-31-17-19-33-56(54)64(59(60)41-44)49-28-14-5-15-29-49/h1-45H;1-42H. The lowest BCUT2D eigenvalue weighted by molar-refractivity contribution is 1.17. The van der Waals surface area contributed by atoms with Crippen molar-refractivity contribution in [3.05, 3.63) is 528 Å². The fourth-order valence-corrected chi connectivity index (χ4v) is 20.8. The van der Waals surface area contributed by atoms with Crippen LogP contribution in [-0.2, 0) is 0 Å². The zero-order valence-electron chi connectivity index (χ0n) is 73.8. The van der Waals surface area contributed by atoms with Crippen molar-refractivity contribution in [2.75, 3.05) is 19.6 Å². The molecule has 0 saturated carbocycles. The summed E-state index contributed by atoms with van der Waals surface area (Å²) >= 11 is 0. The maximum absolute atomic E-state index is 2.48. The average molecular weight is 1730 g/mol. The topological polar surface area (TPSA) is 37.6 Å². The monoisotopic (exact) mass is 1730 g/mol. The number of anilines is 12. The van der Waals surface area contributed by atoms with E-state index in [9.17, 15) is 0 Å². The molecule has 26 aromatic rings. The van der Waals surface area contributed by atoms with Crippen molar-refractivity contribution in [1.82, 2.24) is 22.8 Å². The molecular formula is C126H87N9. The quantitative estimate of drug-likeness (QED) is 0.0858.